The lowest BCUT2D eigenvalue weighted by molar-refractivity contribution is 0.375. The summed E-state index contributed by atoms with van der Waals surface area (Å²) in [4.78, 5) is 8.10. The van der Waals surface area contributed by atoms with Crippen LogP contribution >= 0.6 is 11.8 Å². The molecule has 0 radical (unpaired) electrons. The average Bonchev–Trinajstić information content (AvgIpc) is 2.87. The Labute approximate surface area is 131 Å². The quantitative estimate of drug-likeness (QED) is 0.810. The van der Waals surface area contributed by atoms with Crippen LogP contribution in [-0.2, 0) is 0 Å². The molecule has 0 amide bonds. The van der Waals surface area contributed by atoms with Crippen molar-refractivity contribution >= 4 is 22.8 Å². The molecule has 21 heavy (non-hydrogen) atoms. The fourth-order valence-corrected chi connectivity index (χ4v) is 3.91. The summed E-state index contributed by atoms with van der Waals surface area (Å²) in [6.07, 6.45) is 6.90. The van der Waals surface area contributed by atoms with Crippen molar-refractivity contribution in [3.8, 4) is 0 Å². The Hall–Kier alpha value is -1.00. The summed E-state index contributed by atoms with van der Waals surface area (Å²) in [6, 6.07) is 7.11. The van der Waals surface area contributed by atoms with Gasteiger partial charge in [0, 0.05) is 17.8 Å². The van der Waals surface area contributed by atoms with Crippen LogP contribution in [0.1, 0.15) is 44.6 Å². The SMILES string of the molecule is Cc1ccc2nc(SC(C)CNC3CCCCC3)[nH]c2c1. The average molecular weight is 303 g/mol. The van der Waals surface area contributed by atoms with E-state index >= 15 is 0 Å². The highest BCUT2D eigenvalue weighted by molar-refractivity contribution is 7.99. The number of aromatic nitrogens is 2. The highest BCUT2D eigenvalue weighted by atomic mass is 32.2. The van der Waals surface area contributed by atoms with Gasteiger partial charge in [-0.1, -0.05) is 44.0 Å². The molecule has 0 aliphatic heterocycles. The second-order valence-electron chi connectivity index (χ2n) is 6.23. The normalized spacial score (nSPS) is 18.2. The molecule has 1 aliphatic rings. The summed E-state index contributed by atoms with van der Waals surface area (Å²) in [5, 5.41) is 5.29. The number of hydrogen-bond acceptors (Lipinski definition) is 3. The molecular formula is C17H25N3S. The van der Waals surface area contributed by atoms with E-state index in [0.29, 0.717) is 5.25 Å². The number of fused-ring (bicyclic) bond motifs is 1. The fourth-order valence-electron chi connectivity index (χ4n) is 3.03. The van der Waals surface area contributed by atoms with E-state index in [2.05, 4.69) is 47.3 Å². The smallest absolute Gasteiger partial charge is 0.166 e. The topological polar surface area (TPSA) is 40.7 Å². The zero-order valence-electron chi connectivity index (χ0n) is 13.0. The second-order valence-corrected chi connectivity index (χ2v) is 7.66. The lowest BCUT2D eigenvalue weighted by Gasteiger charge is -2.24. The van der Waals surface area contributed by atoms with Gasteiger partial charge in [-0.25, -0.2) is 4.98 Å². The first-order chi connectivity index (χ1) is 10.2. The third-order valence-corrected chi connectivity index (χ3v) is 5.21. The predicted octanol–water partition coefficient (Wildman–Crippen LogP) is 4.27. The first-order valence-electron chi connectivity index (χ1n) is 8.07. The van der Waals surface area contributed by atoms with Crippen molar-refractivity contribution in [2.75, 3.05) is 6.54 Å². The van der Waals surface area contributed by atoms with Crippen LogP contribution < -0.4 is 5.32 Å². The molecule has 2 aromatic rings. The summed E-state index contributed by atoms with van der Waals surface area (Å²) >= 11 is 1.83. The Kier molecular flexibility index (Phi) is 4.86. The van der Waals surface area contributed by atoms with Gasteiger partial charge in [0.15, 0.2) is 5.16 Å². The van der Waals surface area contributed by atoms with E-state index in [1.54, 1.807) is 0 Å². The van der Waals surface area contributed by atoms with E-state index in [9.17, 15) is 0 Å². The van der Waals surface area contributed by atoms with Crippen LogP contribution in [-0.4, -0.2) is 27.8 Å². The molecule has 0 bridgehead atoms. The third kappa shape index (κ3) is 4.01. The van der Waals surface area contributed by atoms with Gasteiger partial charge >= 0.3 is 0 Å². The molecule has 2 N–H and O–H groups in total. The van der Waals surface area contributed by atoms with Crippen LogP contribution in [0.5, 0.6) is 0 Å². The van der Waals surface area contributed by atoms with Gasteiger partial charge in [-0.15, -0.1) is 0 Å². The second kappa shape index (κ2) is 6.84. The molecule has 4 heteroatoms. The molecule has 114 valence electrons. The molecule has 3 rings (SSSR count). The van der Waals surface area contributed by atoms with Gasteiger partial charge in [0.25, 0.3) is 0 Å². The van der Waals surface area contributed by atoms with E-state index in [1.807, 2.05) is 11.8 Å². The molecule has 1 fully saturated rings. The molecule has 1 aliphatic carbocycles. The highest BCUT2D eigenvalue weighted by Crippen LogP contribution is 2.24. The van der Waals surface area contributed by atoms with E-state index < -0.39 is 0 Å². The molecular weight excluding hydrogens is 278 g/mol. The van der Waals surface area contributed by atoms with Crippen molar-refractivity contribution in [1.29, 1.82) is 0 Å². The minimum absolute atomic E-state index is 0.536. The number of aryl methyl sites for hydroxylation is 1. The Morgan fingerprint density at radius 1 is 1.33 bits per heavy atom. The third-order valence-electron chi connectivity index (χ3n) is 4.23. The number of imidazole rings is 1. The summed E-state index contributed by atoms with van der Waals surface area (Å²) < 4.78 is 0. The van der Waals surface area contributed by atoms with Gasteiger partial charge < -0.3 is 10.3 Å². The molecule has 0 spiro atoms. The van der Waals surface area contributed by atoms with Crippen LogP contribution in [0.15, 0.2) is 23.4 Å². The number of benzene rings is 1. The van der Waals surface area contributed by atoms with Crippen molar-refractivity contribution in [2.24, 2.45) is 0 Å². The van der Waals surface area contributed by atoms with Crippen LogP contribution in [0, 0.1) is 6.92 Å². The molecule has 3 nitrogen and oxygen atoms in total. The first-order valence-corrected chi connectivity index (χ1v) is 8.95. The Morgan fingerprint density at radius 3 is 2.95 bits per heavy atom. The zero-order chi connectivity index (χ0) is 14.7. The lowest BCUT2D eigenvalue weighted by atomic mass is 9.95. The van der Waals surface area contributed by atoms with Crippen molar-refractivity contribution in [2.45, 2.75) is 62.4 Å². The molecule has 1 saturated carbocycles. The van der Waals surface area contributed by atoms with Crippen LogP contribution in [0.3, 0.4) is 0 Å². The molecule has 1 aromatic carbocycles. The predicted molar refractivity (Wildman–Crippen MR) is 91.0 cm³/mol. The Balaban J connectivity index is 1.54. The number of nitrogens with zero attached hydrogens (tertiary/aromatic N) is 1. The largest absolute Gasteiger partial charge is 0.333 e. The van der Waals surface area contributed by atoms with Gasteiger partial charge in [0.05, 0.1) is 11.0 Å². The molecule has 1 atom stereocenters. The number of nitrogens with one attached hydrogen (secondary N) is 2. The van der Waals surface area contributed by atoms with Crippen LogP contribution in [0.25, 0.3) is 11.0 Å². The summed E-state index contributed by atoms with van der Waals surface area (Å²) in [6.45, 7) is 5.45. The van der Waals surface area contributed by atoms with Gasteiger partial charge in [-0.05, 0) is 37.5 Å². The van der Waals surface area contributed by atoms with Crippen LogP contribution in [0.2, 0.25) is 0 Å². The van der Waals surface area contributed by atoms with Gasteiger partial charge in [0.2, 0.25) is 0 Å². The van der Waals surface area contributed by atoms with Crippen molar-refractivity contribution in [1.82, 2.24) is 15.3 Å². The minimum Gasteiger partial charge on any atom is -0.333 e. The minimum atomic E-state index is 0.536. The Bertz CT molecular complexity index is 587. The van der Waals surface area contributed by atoms with Crippen molar-refractivity contribution < 1.29 is 0 Å². The number of H-pyrrole nitrogens is 1. The number of rotatable bonds is 5. The molecule has 1 heterocycles. The van der Waals surface area contributed by atoms with Crippen molar-refractivity contribution in [3.05, 3.63) is 23.8 Å². The maximum absolute atomic E-state index is 4.67. The summed E-state index contributed by atoms with van der Waals surface area (Å²) in [5.74, 6) is 0. The van der Waals surface area contributed by atoms with Gasteiger partial charge in [-0.3, -0.25) is 0 Å². The first kappa shape index (κ1) is 14.9. The van der Waals surface area contributed by atoms with E-state index in [4.69, 9.17) is 0 Å². The lowest BCUT2D eigenvalue weighted by Crippen LogP contribution is -2.35. The van der Waals surface area contributed by atoms with E-state index in [-0.39, 0.29) is 0 Å². The maximum Gasteiger partial charge on any atom is 0.166 e. The Morgan fingerprint density at radius 2 is 2.14 bits per heavy atom. The van der Waals surface area contributed by atoms with E-state index in [0.717, 1.165) is 28.8 Å². The van der Waals surface area contributed by atoms with Crippen LogP contribution in [0.4, 0.5) is 0 Å². The number of aromatic amines is 1. The molecule has 1 unspecified atom stereocenters. The summed E-state index contributed by atoms with van der Waals surface area (Å²) in [5.41, 5.74) is 3.48. The monoisotopic (exact) mass is 303 g/mol. The van der Waals surface area contributed by atoms with Crippen molar-refractivity contribution in [3.63, 3.8) is 0 Å². The highest BCUT2D eigenvalue weighted by Gasteiger charge is 2.15. The maximum atomic E-state index is 4.67. The van der Waals surface area contributed by atoms with E-state index in [1.165, 1.54) is 37.7 Å². The van der Waals surface area contributed by atoms with Gasteiger partial charge in [-0.2, -0.15) is 0 Å². The standard InChI is InChI=1S/C17H25N3S/c1-12-8-9-15-16(10-12)20-17(19-15)21-13(2)11-18-14-6-4-3-5-7-14/h8-10,13-14,18H,3-7,11H2,1-2H3,(H,19,20). The van der Waals surface area contributed by atoms with Gasteiger partial charge in [0.1, 0.15) is 0 Å². The summed E-state index contributed by atoms with van der Waals surface area (Å²) in [7, 11) is 0. The zero-order valence-corrected chi connectivity index (χ0v) is 13.8. The molecule has 0 saturated heterocycles. The number of thioether (sulfide) groups is 1. The number of hydrogen-bond donors (Lipinski definition) is 2. The molecule has 1 aromatic heterocycles. The fraction of sp³-hybridized carbons (Fsp3) is 0.588.